The molecule has 0 saturated carbocycles. The van der Waals surface area contributed by atoms with E-state index >= 15 is 0 Å². The second-order valence-corrected chi connectivity index (χ2v) is 7.96. The number of piperidine rings is 1. The summed E-state index contributed by atoms with van der Waals surface area (Å²) in [6.45, 7) is 1.08. The van der Waals surface area contributed by atoms with Gasteiger partial charge < -0.3 is 30.2 Å². The number of aliphatic hydroxyl groups excluding tert-OH is 4. The molecule has 5 N–H and O–H groups in total. The minimum absolute atomic E-state index is 0.0415. The summed E-state index contributed by atoms with van der Waals surface area (Å²) >= 11 is 0. The number of rotatable bonds is 11. The number of nitrogens with one attached hydrogen (secondary N) is 1. The van der Waals surface area contributed by atoms with E-state index in [0.29, 0.717) is 30.2 Å². The normalized spacial score (nSPS) is 23.9. The summed E-state index contributed by atoms with van der Waals surface area (Å²) in [7, 11) is 0. The second kappa shape index (κ2) is 11.3. The molecule has 1 aliphatic rings. The van der Waals surface area contributed by atoms with E-state index in [4.69, 9.17) is 4.42 Å². The molecule has 2 heterocycles. The fraction of sp³-hybridized carbons (Fsp3) is 0.571. The van der Waals surface area contributed by atoms with Crippen LogP contribution >= 0.6 is 0 Å². The van der Waals surface area contributed by atoms with Crippen LogP contribution in [0.3, 0.4) is 0 Å². The zero-order valence-electron chi connectivity index (χ0n) is 17.7. The van der Waals surface area contributed by atoms with Crippen LogP contribution in [0.5, 0.6) is 0 Å². The molecule has 11 heteroatoms. The first-order valence-corrected chi connectivity index (χ1v) is 10.7. The SMILES string of the molecule is O=[N+]([O-])c1cc(-c2ncco2)ccc1NCCCCCCN1C[C@H](O)[C@@H](O)[C@H](O)[C@H]1CO. The highest BCUT2D eigenvalue weighted by Crippen LogP contribution is 2.30. The van der Waals surface area contributed by atoms with Gasteiger partial charge in [0.2, 0.25) is 5.89 Å². The van der Waals surface area contributed by atoms with Gasteiger partial charge in [0, 0.05) is 24.7 Å². The third-order valence-corrected chi connectivity index (χ3v) is 5.78. The number of unbranched alkanes of at least 4 members (excludes halogenated alkanes) is 3. The Labute approximate surface area is 185 Å². The van der Waals surface area contributed by atoms with Gasteiger partial charge in [-0.2, -0.15) is 0 Å². The van der Waals surface area contributed by atoms with Crippen molar-refractivity contribution >= 4 is 11.4 Å². The summed E-state index contributed by atoms with van der Waals surface area (Å²) in [5, 5.41) is 53.6. The number of aromatic nitrogens is 1. The van der Waals surface area contributed by atoms with Gasteiger partial charge in [-0.3, -0.25) is 15.0 Å². The number of hydrogen-bond donors (Lipinski definition) is 5. The van der Waals surface area contributed by atoms with E-state index in [1.165, 1.54) is 18.5 Å². The molecule has 3 rings (SSSR count). The van der Waals surface area contributed by atoms with Gasteiger partial charge in [0.15, 0.2) is 0 Å². The predicted octanol–water partition coefficient (Wildman–Crippen LogP) is 0.981. The zero-order valence-corrected chi connectivity index (χ0v) is 17.7. The van der Waals surface area contributed by atoms with Crippen molar-refractivity contribution in [3.63, 3.8) is 0 Å². The molecule has 0 bridgehead atoms. The van der Waals surface area contributed by atoms with Gasteiger partial charge in [-0.25, -0.2) is 4.98 Å². The molecule has 11 nitrogen and oxygen atoms in total. The van der Waals surface area contributed by atoms with Crippen LogP contribution in [0, 0.1) is 10.1 Å². The average Bonchev–Trinajstić information content (AvgIpc) is 3.32. The third-order valence-electron chi connectivity index (χ3n) is 5.78. The molecular weight excluding hydrogens is 420 g/mol. The van der Waals surface area contributed by atoms with Crippen molar-refractivity contribution in [1.82, 2.24) is 9.88 Å². The van der Waals surface area contributed by atoms with E-state index in [9.17, 15) is 30.5 Å². The standard InChI is InChI=1S/C21H30N4O7/c26-13-17-19(28)20(29)18(27)12-24(17)9-4-2-1-3-7-22-15-6-5-14(11-16(15)25(30)31)21-23-8-10-32-21/h5-6,8,10-11,17-20,22,26-29H,1-4,7,9,12-13H2/t17-,18+,19-,20-/m1/s1. The van der Waals surface area contributed by atoms with Crippen molar-refractivity contribution in [2.24, 2.45) is 0 Å². The van der Waals surface area contributed by atoms with Crippen LogP contribution in [-0.4, -0.2) is 85.8 Å². The Morgan fingerprint density at radius 1 is 1.19 bits per heavy atom. The smallest absolute Gasteiger partial charge is 0.293 e. The number of oxazole rings is 1. The molecule has 2 aromatic rings. The van der Waals surface area contributed by atoms with Gasteiger partial charge in [0.25, 0.3) is 5.69 Å². The summed E-state index contributed by atoms with van der Waals surface area (Å²) in [4.78, 5) is 16.8. The molecule has 1 aromatic heterocycles. The summed E-state index contributed by atoms with van der Waals surface area (Å²) in [6.07, 6.45) is 2.82. The maximum absolute atomic E-state index is 11.4. The average molecular weight is 450 g/mol. The van der Waals surface area contributed by atoms with Gasteiger partial charge in [0.05, 0.1) is 29.9 Å². The molecule has 1 aromatic carbocycles. The first-order chi connectivity index (χ1) is 15.4. The van der Waals surface area contributed by atoms with E-state index in [1.54, 1.807) is 17.0 Å². The van der Waals surface area contributed by atoms with Gasteiger partial charge in [-0.1, -0.05) is 12.8 Å². The third kappa shape index (κ3) is 5.81. The lowest BCUT2D eigenvalue weighted by Gasteiger charge is -2.43. The van der Waals surface area contributed by atoms with E-state index < -0.39 is 29.3 Å². The largest absolute Gasteiger partial charge is 0.445 e. The lowest BCUT2D eigenvalue weighted by atomic mass is 9.94. The van der Waals surface area contributed by atoms with Crippen LogP contribution in [0.25, 0.3) is 11.5 Å². The fourth-order valence-electron chi connectivity index (χ4n) is 3.98. The fourth-order valence-corrected chi connectivity index (χ4v) is 3.98. The van der Waals surface area contributed by atoms with Gasteiger partial charge in [-0.05, 0) is 31.5 Å². The van der Waals surface area contributed by atoms with Crippen molar-refractivity contribution in [3.8, 4) is 11.5 Å². The molecule has 0 spiro atoms. The lowest BCUT2D eigenvalue weighted by Crippen LogP contribution is -2.62. The highest BCUT2D eigenvalue weighted by Gasteiger charge is 2.40. The summed E-state index contributed by atoms with van der Waals surface area (Å²) in [5.41, 5.74) is 0.931. The van der Waals surface area contributed by atoms with E-state index in [0.717, 1.165) is 25.7 Å². The Kier molecular flexibility index (Phi) is 8.53. The molecule has 0 aliphatic carbocycles. The van der Waals surface area contributed by atoms with Crippen molar-refractivity contribution in [1.29, 1.82) is 0 Å². The number of hydrogen-bond acceptors (Lipinski definition) is 10. The predicted molar refractivity (Wildman–Crippen MR) is 116 cm³/mol. The number of nitro groups is 1. The van der Waals surface area contributed by atoms with E-state index in [2.05, 4.69) is 10.3 Å². The van der Waals surface area contributed by atoms with Crippen LogP contribution in [0.15, 0.2) is 35.1 Å². The van der Waals surface area contributed by atoms with Crippen LogP contribution in [-0.2, 0) is 0 Å². The van der Waals surface area contributed by atoms with Crippen molar-refractivity contribution in [2.45, 2.75) is 50.0 Å². The van der Waals surface area contributed by atoms with Crippen molar-refractivity contribution in [2.75, 3.05) is 31.6 Å². The van der Waals surface area contributed by atoms with Crippen LogP contribution < -0.4 is 5.32 Å². The molecular formula is C21H30N4O7. The maximum atomic E-state index is 11.4. The Balaban J connectivity index is 1.41. The number of anilines is 1. The quantitative estimate of drug-likeness (QED) is 0.189. The topological polar surface area (TPSA) is 165 Å². The molecule has 1 aliphatic heterocycles. The highest BCUT2D eigenvalue weighted by molar-refractivity contribution is 5.69. The van der Waals surface area contributed by atoms with Gasteiger partial charge in [0.1, 0.15) is 24.2 Å². The molecule has 4 atom stereocenters. The minimum atomic E-state index is -1.25. The zero-order chi connectivity index (χ0) is 23.1. The number of aliphatic hydroxyl groups is 4. The van der Waals surface area contributed by atoms with E-state index in [-0.39, 0.29) is 18.8 Å². The van der Waals surface area contributed by atoms with Crippen molar-refractivity contribution < 1.29 is 29.8 Å². The highest BCUT2D eigenvalue weighted by atomic mass is 16.6. The molecule has 0 unspecified atom stereocenters. The minimum Gasteiger partial charge on any atom is -0.445 e. The second-order valence-electron chi connectivity index (χ2n) is 7.96. The maximum Gasteiger partial charge on any atom is 0.293 e. The number of nitrogens with zero attached hydrogens (tertiary/aromatic N) is 3. The number of likely N-dealkylation sites (tertiary alicyclic amines) is 1. The Morgan fingerprint density at radius 2 is 1.97 bits per heavy atom. The molecule has 32 heavy (non-hydrogen) atoms. The van der Waals surface area contributed by atoms with Crippen molar-refractivity contribution in [3.05, 3.63) is 40.8 Å². The van der Waals surface area contributed by atoms with Gasteiger partial charge in [-0.15, -0.1) is 0 Å². The molecule has 1 fully saturated rings. The Hall–Kier alpha value is -2.57. The van der Waals surface area contributed by atoms with Crippen LogP contribution in [0.4, 0.5) is 11.4 Å². The summed E-state index contributed by atoms with van der Waals surface area (Å²) < 4.78 is 5.19. The molecule has 0 amide bonds. The van der Waals surface area contributed by atoms with Crippen LogP contribution in [0.1, 0.15) is 25.7 Å². The number of β-amino-alcohol motifs (C(OH)–C–C–N with tert-alkyl or cyclic N) is 1. The first kappa shape index (κ1) is 24.1. The first-order valence-electron chi connectivity index (χ1n) is 10.7. The van der Waals surface area contributed by atoms with E-state index in [1.807, 2.05) is 0 Å². The van der Waals surface area contributed by atoms with Crippen LogP contribution in [0.2, 0.25) is 0 Å². The Bertz CT molecular complexity index is 864. The number of benzene rings is 1. The monoisotopic (exact) mass is 450 g/mol. The summed E-state index contributed by atoms with van der Waals surface area (Å²) in [5.74, 6) is 0.325. The molecule has 1 saturated heterocycles. The Morgan fingerprint density at radius 3 is 2.66 bits per heavy atom. The van der Waals surface area contributed by atoms with Gasteiger partial charge >= 0.3 is 0 Å². The lowest BCUT2D eigenvalue weighted by molar-refractivity contribution is -0.383. The molecule has 176 valence electrons. The number of nitro benzene ring substituents is 1. The summed E-state index contributed by atoms with van der Waals surface area (Å²) in [6, 6.07) is 4.21. The molecule has 0 radical (unpaired) electrons.